The highest BCUT2D eigenvalue weighted by molar-refractivity contribution is 5.96. The molecular weight excluding hydrogens is 208 g/mol. The van der Waals surface area contributed by atoms with E-state index in [0.717, 1.165) is 11.4 Å². The van der Waals surface area contributed by atoms with Gasteiger partial charge in [-0.3, -0.25) is 4.79 Å². The van der Waals surface area contributed by atoms with Crippen LogP contribution in [0.2, 0.25) is 0 Å². The fourth-order valence-corrected chi connectivity index (χ4v) is 1.65. The first kappa shape index (κ1) is 10.6. The Morgan fingerprint density at radius 1 is 1.12 bits per heavy atom. The van der Waals surface area contributed by atoms with Crippen molar-refractivity contribution < 1.29 is 14.3 Å². The van der Waals surface area contributed by atoms with Crippen molar-refractivity contribution in [2.75, 3.05) is 31.4 Å². The van der Waals surface area contributed by atoms with Crippen molar-refractivity contribution in [2.45, 2.75) is 6.42 Å². The van der Waals surface area contributed by atoms with Crippen molar-refractivity contribution in [3.05, 3.63) is 12.1 Å². The van der Waals surface area contributed by atoms with Crippen LogP contribution < -0.4 is 20.1 Å². The van der Waals surface area contributed by atoms with Gasteiger partial charge in [-0.05, 0) is 0 Å². The van der Waals surface area contributed by atoms with E-state index >= 15 is 0 Å². The predicted octanol–water partition coefficient (Wildman–Crippen LogP) is 1.46. The van der Waals surface area contributed by atoms with Crippen LogP contribution in [0.15, 0.2) is 12.1 Å². The summed E-state index contributed by atoms with van der Waals surface area (Å²) in [6.45, 7) is 0.619. The molecule has 1 aromatic rings. The van der Waals surface area contributed by atoms with E-state index in [0.29, 0.717) is 24.5 Å². The van der Waals surface area contributed by atoms with E-state index in [1.807, 2.05) is 6.07 Å². The second kappa shape index (κ2) is 4.30. The predicted molar refractivity (Wildman–Crippen MR) is 61.3 cm³/mol. The molecule has 86 valence electrons. The summed E-state index contributed by atoms with van der Waals surface area (Å²) in [5, 5.41) is 5.97. The molecule has 1 aliphatic rings. The van der Waals surface area contributed by atoms with E-state index in [9.17, 15) is 4.79 Å². The number of rotatable bonds is 2. The molecule has 0 saturated heterocycles. The molecule has 0 atom stereocenters. The number of amides is 1. The number of carbonyl (C=O) groups is 1. The maximum atomic E-state index is 11.4. The van der Waals surface area contributed by atoms with Gasteiger partial charge >= 0.3 is 0 Å². The zero-order chi connectivity index (χ0) is 11.5. The van der Waals surface area contributed by atoms with Gasteiger partial charge in [-0.25, -0.2) is 0 Å². The molecular formula is C11H14N2O3. The van der Waals surface area contributed by atoms with Crippen LogP contribution in [0.25, 0.3) is 0 Å². The zero-order valence-corrected chi connectivity index (χ0v) is 9.29. The van der Waals surface area contributed by atoms with Crippen molar-refractivity contribution in [1.29, 1.82) is 0 Å². The van der Waals surface area contributed by atoms with E-state index in [1.54, 1.807) is 20.3 Å². The van der Waals surface area contributed by atoms with Crippen LogP contribution in [-0.4, -0.2) is 26.7 Å². The highest BCUT2D eigenvalue weighted by Crippen LogP contribution is 2.37. The van der Waals surface area contributed by atoms with E-state index in [1.165, 1.54) is 0 Å². The van der Waals surface area contributed by atoms with Crippen LogP contribution in [0.5, 0.6) is 11.5 Å². The van der Waals surface area contributed by atoms with Crippen LogP contribution in [0.3, 0.4) is 0 Å². The van der Waals surface area contributed by atoms with Crippen LogP contribution >= 0.6 is 0 Å². The van der Waals surface area contributed by atoms with Gasteiger partial charge in [-0.15, -0.1) is 0 Å². The first-order valence-corrected chi connectivity index (χ1v) is 5.04. The van der Waals surface area contributed by atoms with Gasteiger partial charge in [0.15, 0.2) is 11.5 Å². The molecule has 2 rings (SSSR count). The standard InChI is InChI=1S/C11H14N2O3/c1-15-9-5-7-8(6-10(9)16-2)13-11(14)3-4-12-7/h5-6,12H,3-4H2,1-2H3,(H,13,14). The first-order valence-electron chi connectivity index (χ1n) is 5.04. The lowest BCUT2D eigenvalue weighted by Crippen LogP contribution is -2.10. The second-order valence-electron chi connectivity index (χ2n) is 3.48. The van der Waals surface area contributed by atoms with E-state index in [-0.39, 0.29) is 5.91 Å². The minimum atomic E-state index is -0.00142. The molecule has 0 unspecified atom stereocenters. The SMILES string of the molecule is COc1cc2c(cc1OC)NC(=O)CCN2. The second-order valence-corrected chi connectivity index (χ2v) is 3.48. The number of fused-ring (bicyclic) bond motifs is 1. The lowest BCUT2D eigenvalue weighted by atomic mass is 10.2. The quantitative estimate of drug-likeness (QED) is 0.795. The van der Waals surface area contributed by atoms with E-state index < -0.39 is 0 Å². The zero-order valence-electron chi connectivity index (χ0n) is 9.29. The fraction of sp³-hybridized carbons (Fsp3) is 0.364. The Balaban J connectivity index is 2.44. The van der Waals surface area contributed by atoms with Crippen LogP contribution in [0.1, 0.15) is 6.42 Å². The van der Waals surface area contributed by atoms with Gasteiger partial charge in [0.25, 0.3) is 0 Å². The summed E-state index contributed by atoms with van der Waals surface area (Å²) in [6.07, 6.45) is 0.458. The molecule has 1 amide bonds. The summed E-state index contributed by atoms with van der Waals surface area (Å²) in [4.78, 5) is 11.4. The Kier molecular flexibility index (Phi) is 2.85. The normalized spacial score (nSPS) is 14.2. The van der Waals surface area contributed by atoms with E-state index in [2.05, 4.69) is 10.6 Å². The average molecular weight is 222 g/mol. The Morgan fingerprint density at radius 3 is 2.38 bits per heavy atom. The smallest absolute Gasteiger partial charge is 0.226 e. The van der Waals surface area contributed by atoms with Crippen molar-refractivity contribution in [3.63, 3.8) is 0 Å². The number of hydrogen-bond donors (Lipinski definition) is 2. The van der Waals surface area contributed by atoms with E-state index in [4.69, 9.17) is 9.47 Å². The third-order valence-electron chi connectivity index (χ3n) is 2.47. The van der Waals surface area contributed by atoms with Gasteiger partial charge in [-0.2, -0.15) is 0 Å². The van der Waals surface area contributed by atoms with Crippen LogP contribution in [0.4, 0.5) is 11.4 Å². The molecule has 5 heteroatoms. The molecule has 16 heavy (non-hydrogen) atoms. The molecule has 5 nitrogen and oxygen atoms in total. The van der Waals surface area contributed by atoms with Gasteiger partial charge in [0, 0.05) is 25.1 Å². The number of nitrogens with one attached hydrogen (secondary N) is 2. The number of hydrogen-bond acceptors (Lipinski definition) is 4. The topological polar surface area (TPSA) is 59.6 Å². The maximum absolute atomic E-state index is 11.4. The third kappa shape index (κ3) is 1.88. The number of ether oxygens (including phenoxy) is 2. The van der Waals surface area contributed by atoms with Gasteiger partial charge in [-0.1, -0.05) is 0 Å². The third-order valence-corrected chi connectivity index (χ3v) is 2.47. The molecule has 0 radical (unpaired) electrons. The maximum Gasteiger partial charge on any atom is 0.226 e. The van der Waals surface area contributed by atoms with Crippen molar-refractivity contribution >= 4 is 17.3 Å². The lowest BCUT2D eigenvalue weighted by Gasteiger charge is -2.13. The van der Waals surface area contributed by atoms with Crippen LogP contribution in [0, 0.1) is 0 Å². The Hall–Kier alpha value is -1.91. The van der Waals surface area contributed by atoms with Crippen LogP contribution in [-0.2, 0) is 4.79 Å². The van der Waals surface area contributed by atoms with Gasteiger partial charge in [0.1, 0.15) is 0 Å². The summed E-state index contributed by atoms with van der Waals surface area (Å²) in [5.74, 6) is 1.24. The molecule has 0 bridgehead atoms. The monoisotopic (exact) mass is 222 g/mol. The summed E-state index contributed by atoms with van der Waals surface area (Å²) in [6, 6.07) is 3.57. The lowest BCUT2D eigenvalue weighted by molar-refractivity contribution is -0.115. The van der Waals surface area contributed by atoms with Crippen molar-refractivity contribution in [1.82, 2.24) is 0 Å². The molecule has 1 aromatic carbocycles. The minimum absolute atomic E-state index is 0.00142. The number of benzene rings is 1. The molecule has 0 spiro atoms. The Morgan fingerprint density at radius 2 is 1.75 bits per heavy atom. The number of anilines is 2. The number of carbonyl (C=O) groups excluding carboxylic acids is 1. The minimum Gasteiger partial charge on any atom is -0.493 e. The average Bonchev–Trinajstić information content (AvgIpc) is 2.47. The summed E-state index contributed by atoms with van der Waals surface area (Å²) >= 11 is 0. The molecule has 0 aromatic heterocycles. The van der Waals surface area contributed by atoms with Crippen molar-refractivity contribution in [2.24, 2.45) is 0 Å². The van der Waals surface area contributed by atoms with Gasteiger partial charge < -0.3 is 20.1 Å². The molecule has 1 heterocycles. The van der Waals surface area contributed by atoms with Crippen molar-refractivity contribution in [3.8, 4) is 11.5 Å². The molecule has 0 fully saturated rings. The number of methoxy groups -OCH3 is 2. The van der Waals surface area contributed by atoms with Gasteiger partial charge in [0.2, 0.25) is 5.91 Å². The molecule has 0 saturated carbocycles. The molecule has 1 aliphatic heterocycles. The Labute approximate surface area is 93.7 Å². The first-order chi connectivity index (χ1) is 7.74. The summed E-state index contributed by atoms with van der Waals surface area (Å²) < 4.78 is 10.4. The highest BCUT2D eigenvalue weighted by Gasteiger charge is 2.16. The summed E-state index contributed by atoms with van der Waals surface area (Å²) in [7, 11) is 3.15. The molecule has 2 N–H and O–H groups in total. The van der Waals surface area contributed by atoms with Gasteiger partial charge in [0.05, 0.1) is 25.6 Å². The molecule has 0 aliphatic carbocycles. The highest BCUT2D eigenvalue weighted by atomic mass is 16.5. The summed E-state index contributed by atoms with van der Waals surface area (Å²) in [5.41, 5.74) is 1.57. The largest absolute Gasteiger partial charge is 0.493 e. The Bertz CT molecular complexity index is 418. The fourth-order valence-electron chi connectivity index (χ4n) is 1.65.